The van der Waals surface area contributed by atoms with Crippen LogP contribution in [0, 0.1) is 0 Å². The predicted molar refractivity (Wildman–Crippen MR) is 243 cm³/mol. The second kappa shape index (κ2) is 12.3. The van der Waals surface area contributed by atoms with Crippen molar-refractivity contribution in [2.45, 2.75) is 19.3 Å². The van der Waals surface area contributed by atoms with Gasteiger partial charge in [-0.05, 0) is 109 Å². The van der Waals surface area contributed by atoms with Crippen LogP contribution in [0.25, 0.3) is 105 Å². The maximum atomic E-state index is 4.74. The molecule has 0 atom stereocenters. The molecule has 3 nitrogen and oxygen atoms in total. The van der Waals surface area contributed by atoms with E-state index in [-0.39, 0.29) is 5.41 Å². The molecule has 0 saturated carbocycles. The summed E-state index contributed by atoms with van der Waals surface area (Å²) in [5, 5.41) is 7.22. The number of hydrogen-bond donors (Lipinski definition) is 0. The molecule has 0 bridgehead atoms. The maximum Gasteiger partial charge on any atom is 0.0971 e. The molecule has 2 aromatic heterocycles. The standard InChI is InChI=1S/C55H37N3/c1-55(2)49-32-38(35-17-15-34(16-18-35)37-23-28-47-48(31-37)41-9-3-4-12-46(41)53-54(47)57-30-29-56-53)21-26-42(49)43-27-22-39(33-50(43)55)36-19-24-40(25-20-36)58-51-13-7-5-10-44(51)45-11-6-8-14-52(45)58/h3-33H,1-2H3. The van der Waals surface area contributed by atoms with Gasteiger partial charge >= 0.3 is 0 Å². The van der Waals surface area contributed by atoms with Crippen LogP contribution in [0.1, 0.15) is 25.0 Å². The van der Waals surface area contributed by atoms with Crippen molar-refractivity contribution in [3.05, 3.63) is 199 Å². The summed E-state index contributed by atoms with van der Waals surface area (Å²) in [6.45, 7) is 4.75. The van der Waals surface area contributed by atoms with E-state index in [1.165, 1.54) is 93.9 Å². The van der Waals surface area contributed by atoms with E-state index >= 15 is 0 Å². The summed E-state index contributed by atoms with van der Waals surface area (Å²) in [4.78, 5) is 9.43. The van der Waals surface area contributed by atoms with Crippen molar-refractivity contribution < 1.29 is 0 Å². The first-order chi connectivity index (χ1) is 28.5. The second-order valence-electron chi connectivity index (χ2n) is 16.2. The number of nitrogens with zero attached hydrogens (tertiary/aromatic N) is 3. The monoisotopic (exact) mass is 739 g/mol. The van der Waals surface area contributed by atoms with Crippen LogP contribution in [0.15, 0.2) is 188 Å². The highest BCUT2D eigenvalue weighted by Gasteiger charge is 2.36. The van der Waals surface area contributed by atoms with Gasteiger partial charge in [0.2, 0.25) is 0 Å². The summed E-state index contributed by atoms with van der Waals surface area (Å²) in [5.41, 5.74) is 18.1. The van der Waals surface area contributed by atoms with Gasteiger partial charge in [-0.25, -0.2) is 0 Å². The van der Waals surface area contributed by atoms with E-state index in [4.69, 9.17) is 9.97 Å². The molecule has 0 amide bonds. The third-order valence-electron chi connectivity index (χ3n) is 12.7. The molecule has 2 heterocycles. The zero-order valence-electron chi connectivity index (χ0n) is 32.2. The zero-order valence-corrected chi connectivity index (χ0v) is 32.2. The summed E-state index contributed by atoms with van der Waals surface area (Å²) < 4.78 is 2.38. The molecule has 272 valence electrons. The van der Waals surface area contributed by atoms with Crippen molar-refractivity contribution in [1.29, 1.82) is 0 Å². The van der Waals surface area contributed by atoms with Gasteiger partial charge in [-0.2, -0.15) is 0 Å². The van der Waals surface area contributed by atoms with Gasteiger partial charge in [0.15, 0.2) is 0 Å². The van der Waals surface area contributed by atoms with Crippen molar-refractivity contribution in [1.82, 2.24) is 14.5 Å². The van der Waals surface area contributed by atoms with Crippen LogP contribution in [0.5, 0.6) is 0 Å². The Morgan fingerprint density at radius 1 is 0.362 bits per heavy atom. The lowest BCUT2D eigenvalue weighted by molar-refractivity contribution is 0.661. The number of rotatable bonds is 4. The summed E-state index contributed by atoms with van der Waals surface area (Å²) in [6, 6.07) is 64.8. The highest BCUT2D eigenvalue weighted by atomic mass is 15.0. The fourth-order valence-electron chi connectivity index (χ4n) is 9.77. The first-order valence-corrected chi connectivity index (χ1v) is 20.1. The summed E-state index contributed by atoms with van der Waals surface area (Å²) in [6.07, 6.45) is 3.56. The molecular weight excluding hydrogens is 703 g/mol. The number of hydrogen-bond acceptors (Lipinski definition) is 2. The molecule has 0 spiro atoms. The zero-order chi connectivity index (χ0) is 38.5. The maximum absolute atomic E-state index is 4.74. The van der Waals surface area contributed by atoms with Gasteiger partial charge in [-0.1, -0.05) is 147 Å². The van der Waals surface area contributed by atoms with E-state index < -0.39 is 0 Å². The molecule has 11 aromatic rings. The Morgan fingerprint density at radius 3 is 1.33 bits per heavy atom. The van der Waals surface area contributed by atoms with Crippen LogP contribution in [0.4, 0.5) is 0 Å². The van der Waals surface area contributed by atoms with E-state index in [1.54, 1.807) is 12.4 Å². The first kappa shape index (κ1) is 32.8. The Balaban J connectivity index is 0.853. The van der Waals surface area contributed by atoms with Gasteiger partial charge in [0, 0.05) is 45.0 Å². The average Bonchev–Trinajstić information content (AvgIpc) is 3.74. The van der Waals surface area contributed by atoms with Gasteiger partial charge in [0.1, 0.15) is 0 Å². The van der Waals surface area contributed by atoms with Crippen LogP contribution < -0.4 is 0 Å². The molecule has 12 rings (SSSR count). The van der Waals surface area contributed by atoms with Crippen LogP contribution in [-0.2, 0) is 5.41 Å². The Bertz CT molecular complexity index is 3370. The SMILES string of the molecule is CC1(C)c2cc(-c3ccc(-c4ccc5c(c4)c4ccccc4c4nccnc54)cc3)ccc2-c2ccc(-c3ccc(-n4c5ccccc5c5ccccc54)cc3)cc21. The highest BCUT2D eigenvalue weighted by Crippen LogP contribution is 2.51. The molecule has 0 radical (unpaired) electrons. The van der Waals surface area contributed by atoms with Crippen molar-refractivity contribution >= 4 is 54.4 Å². The molecule has 1 aliphatic rings. The summed E-state index contributed by atoms with van der Waals surface area (Å²) in [7, 11) is 0. The number of para-hydroxylation sites is 2. The average molecular weight is 740 g/mol. The van der Waals surface area contributed by atoms with E-state index in [1.807, 2.05) is 0 Å². The highest BCUT2D eigenvalue weighted by molar-refractivity contribution is 6.23. The van der Waals surface area contributed by atoms with Gasteiger partial charge in [0.05, 0.1) is 22.1 Å². The molecular formula is C55H37N3. The van der Waals surface area contributed by atoms with Crippen molar-refractivity contribution in [3.63, 3.8) is 0 Å². The summed E-state index contributed by atoms with van der Waals surface area (Å²) in [5.74, 6) is 0. The number of fused-ring (bicyclic) bond motifs is 12. The molecule has 1 aliphatic carbocycles. The minimum absolute atomic E-state index is 0.137. The fraction of sp³-hybridized carbons (Fsp3) is 0.0545. The van der Waals surface area contributed by atoms with Crippen LogP contribution in [-0.4, -0.2) is 14.5 Å². The normalized spacial score (nSPS) is 13.1. The quantitative estimate of drug-likeness (QED) is 0.168. The Kier molecular flexibility index (Phi) is 6.98. The van der Waals surface area contributed by atoms with Gasteiger partial charge in [0.25, 0.3) is 0 Å². The van der Waals surface area contributed by atoms with Crippen molar-refractivity contribution in [2.24, 2.45) is 0 Å². The lowest BCUT2D eigenvalue weighted by Crippen LogP contribution is -2.15. The van der Waals surface area contributed by atoms with Gasteiger partial charge < -0.3 is 4.57 Å². The molecule has 0 saturated heterocycles. The third kappa shape index (κ3) is 4.80. The largest absolute Gasteiger partial charge is 0.309 e. The fourth-order valence-corrected chi connectivity index (χ4v) is 9.77. The minimum atomic E-state index is -0.137. The molecule has 3 heteroatoms. The lowest BCUT2D eigenvalue weighted by atomic mass is 9.81. The Morgan fingerprint density at radius 2 is 0.776 bits per heavy atom. The Hall–Kier alpha value is -7.36. The topological polar surface area (TPSA) is 30.7 Å². The van der Waals surface area contributed by atoms with Gasteiger partial charge in [-0.3, -0.25) is 9.97 Å². The van der Waals surface area contributed by atoms with E-state index in [0.29, 0.717) is 0 Å². The first-order valence-electron chi connectivity index (χ1n) is 20.1. The van der Waals surface area contributed by atoms with Crippen molar-refractivity contribution in [2.75, 3.05) is 0 Å². The van der Waals surface area contributed by atoms with Crippen LogP contribution in [0.2, 0.25) is 0 Å². The number of benzene rings is 9. The lowest BCUT2D eigenvalue weighted by Gasteiger charge is -2.22. The molecule has 58 heavy (non-hydrogen) atoms. The minimum Gasteiger partial charge on any atom is -0.309 e. The Labute approximate surface area is 336 Å². The molecule has 0 aliphatic heterocycles. The van der Waals surface area contributed by atoms with E-state index in [9.17, 15) is 0 Å². The summed E-state index contributed by atoms with van der Waals surface area (Å²) >= 11 is 0. The van der Waals surface area contributed by atoms with E-state index in [2.05, 4.69) is 194 Å². The van der Waals surface area contributed by atoms with Crippen LogP contribution in [0.3, 0.4) is 0 Å². The van der Waals surface area contributed by atoms with Crippen LogP contribution >= 0.6 is 0 Å². The molecule has 9 aromatic carbocycles. The number of aromatic nitrogens is 3. The van der Waals surface area contributed by atoms with Gasteiger partial charge in [-0.15, -0.1) is 0 Å². The van der Waals surface area contributed by atoms with Crippen molar-refractivity contribution in [3.8, 4) is 50.2 Å². The second-order valence-corrected chi connectivity index (χ2v) is 16.2. The molecule has 0 unspecified atom stereocenters. The van der Waals surface area contributed by atoms with E-state index in [0.717, 1.165) is 21.8 Å². The smallest absolute Gasteiger partial charge is 0.0971 e. The molecule has 0 N–H and O–H groups in total. The predicted octanol–water partition coefficient (Wildman–Crippen LogP) is 14.3. The third-order valence-corrected chi connectivity index (χ3v) is 12.7. The molecule has 0 fully saturated rings.